The molecule has 1 atom stereocenters. The van der Waals surface area contributed by atoms with Gasteiger partial charge in [-0.05, 0) is 22.0 Å². The second-order valence-electron chi connectivity index (χ2n) is 3.69. The highest BCUT2D eigenvalue weighted by Crippen LogP contribution is 2.22. The summed E-state index contributed by atoms with van der Waals surface area (Å²) in [5.41, 5.74) is 0.433. The van der Waals surface area contributed by atoms with Gasteiger partial charge in [0.05, 0.1) is 12.4 Å². The van der Waals surface area contributed by atoms with Crippen LogP contribution in [0.5, 0.6) is 5.88 Å². The van der Waals surface area contributed by atoms with Crippen molar-refractivity contribution in [2.75, 3.05) is 13.2 Å². The molecule has 94 valence electrons. The zero-order valence-electron chi connectivity index (χ0n) is 8.80. The predicted molar refractivity (Wildman–Crippen MR) is 64.0 cm³/mol. The van der Waals surface area contributed by atoms with Crippen LogP contribution in [-0.4, -0.2) is 32.7 Å². The molecule has 1 aliphatic rings. The van der Waals surface area contributed by atoms with E-state index in [0.29, 0.717) is 23.2 Å². The van der Waals surface area contributed by atoms with Gasteiger partial charge in [0.1, 0.15) is 12.7 Å². The van der Waals surface area contributed by atoms with Gasteiger partial charge >= 0.3 is 0 Å². The fraction of sp³-hybridized carbons (Fsp3) is 0.444. The van der Waals surface area contributed by atoms with Gasteiger partial charge < -0.3 is 9.47 Å². The van der Waals surface area contributed by atoms with Crippen LogP contribution in [-0.2, 0) is 20.5 Å². The molecule has 1 unspecified atom stereocenters. The van der Waals surface area contributed by atoms with Gasteiger partial charge in [-0.2, -0.15) is 0 Å². The zero-order valence-corrected chi connectivity index (χ0v) is 11.2. The summed E-state index contributed by atoms with van der Waals surface area (Å²) < 4.78 is 33.2. The lowest BCUT2D eigenvalue weighted by molar-refractivity contribution is 0.253. The maximum absolute atomic E-state index is 11.1. The third-order valence-electron chi connectivity index (χ3n) is 2.06. The lowest BCUT2D eigenvalue weighted by atomic mass is 10.3. The van der Waals surface area contributed by atoms with Crippen LogP contribution in [0, 0.1) is 0 Å². The molecular formula is C9H11BrN2O4S. The maximum atomic E-state index is 11.1. The Morgan fingerprint density at radius 2 is 2.35 bits per heavy atom. The maximum Gasteiger partial charge on any atom is 0.217 e. The topological polar surface area (TPSA) is 94.8 Å². The summed E-state index contributed by atoms with van der Waals surface area (Å²) in [6.07, 6.45) is 1.62. The van der Waals surface area contributed by atoms with Crippen molar-refractivity contribution < 1.29 is 17.9 Å². The van der Waals surface area contributed by atoms with E-state index in [1.54, 1.807) is 6.07 Å². The molecule has 2 heterocycles. The first-order valence-electron chi connectivity index (χ1n) is 4.83. The van der Waals surface area contributed by atoms with Crippen LogP contribution in [0.2, 0.25) is 0 Å². The van der Waals surface area contributed by atoms with Gasteiger partial charge in [0.2, 0.25) is 15.9 Å². The first-order valence-corrected chi connectivity index (χ1v) is 7.34. The van der Waals surface area contributed by atoms with Crippen molar-refractivity contribution in [2.24, 2.45) is 5.14 Å². The highest BCUT2D eigenvalue weighted by molar-refractivity contribution is 9.10. The number of hydrogen-bond donors (Lipinski definition) is 1. The SMILES string of the molecule is NS(=O)(=O)Cc1cc(Br)cnc1OCC1CO1. The molecular weight excluding hydrogens is 312 g/mol. The molecule has 2 N–H and O–H groups in total. The van der Waals surface area contributed by atoms with Gasteiger partial charge in [0.25, 0.3) is 0 Å². The number of sulfonamides is 1. The van der Waals surface area contributed by atoms with E-state index in [1.165, 1.54) is 6.20 Å². The molecule has 0 aliphatic carbocycles. The van der Waals surface area contributed by atoms with Crippen LogP contribution in [0.3, 0.4) is 0 Å². The van der Waals surface area contributed by atoms with Crippen molar-refractivity contribution in [2.45, 2.75) is 11.9 Å². The first-order chi connectivity index (χ1) is 7.94. The summed E-state index contributed by atoms with van der Waals surface area (Å²) in [6, 6.07) is 1.63. The van der Waals surface area contributed by atoms with Crippen molar-refractivity contribution in [1.82, 2.24) is 4.98 Å². The Bertz CT molecular complexity index is 516. The summed E-state index contributed by atoms with van der Waals surface area (Å²) in [6.45, 7) is 1.04. The number of aromatic nitrogens is 1. The minimum Gasteiger partial charge on any atom is -0.475 e. The molecule has 0 amide bonds. The number of nitrogens with two attached hydrogens (primary N) is 1. The zero-order chi connectivity index (χ0) is 12.5. The lowest BCUT2D eigenvalue weighted by Gasteiger charge is -2.08. The fourth-order valence-electron chi connectivity index (χ4n) is 1.25. The number of epoxide rings is 1. The van der Waals surface area contributed by atoms with E-state index in [9.17, 15) is 8.42 Å². The molecule has 6 nitrogen and oxygen atoms in total. The molecule has 0 spiro atoms. The number of pyridine rings is 1. The molecule has 0 saturated carbocycles. The summed E-state index contributed by atoms with van der Waals surface area (Å²) in [5, 5.41) is 5.00. The van der Waals surface area contributed by atoms with E-state index in [1.807, 2.05) is 0 Å². The largest absolute Gasteiger partial charge is 0.475 e. The van der Waals surface area contributed by atoms with E-state index < -0.39 is 10.0 Å². The number of halogens is 1. The van der Waals surface area contributed by atoms with Gasteiger partial charge in [0, 0.05) is 16.2 Å². The van der Waals surface area contributed by atoms with Crippen molar-refractivity contribution in [3.05, 3.63) is 22.3 Å². The normalized spacial score (nSPS) is 19.1. The van der Waals surface area contributed by atoms with Gasteiger partial charge in [-0.15, -0.1) is 0 Å². The Hall–Kier alpha value is -0.700. The fourth-order valence-corrected chi connectivity index (χ4v) is 2.27. The lowest BCUT2D eigenvalue weighted by Crippen LogP contribution is -2.16. The molecule has 1 aromatic rings. The van der Waals surface area contributed by atoms with Crippen molar-refractivity contribution >= 4 is 26.0 Å². The molecule has 0 aromatic carbocycles. The van der Waals surface area contributed by atoms with E-state index in [4.69, 9.17) is 14.6 Å². The van der Waals surface area contributed by atoms with E-state index in [-0.39, 0.29) is 17.7 Å². The standard InChI is InChI=1S/C9H11BrN2O4S/c10-7-1-6(5-17(11,13)14)9(12-2-7)16-4-8-3-15-8/h1-2,8H,3-5H2,(H2,11,13,14). The molecule has 1 fully saturated rings. The molecule has 0 bridgehead atoms. The summed E-state index contributed by atoms with van der Waals surface area (Å²) in [5.74, 6) is -0.0296. The molecule has 1 aromatic heterocycles. The average Bonchev–Trinajstić information content (AvgIpc) is 2.97. The Labute approximate surface area is 107 Å². The summed E-state index contributed by atoms with van der Waals surface area (Å²) in [7, 11) is -3.61. The van der Waals surface area contributed by atoms with Crippen molar-refractivity contribution in [1.29, 1.82) is 0 Å². The van der Waals surface area contributed by atoms with Crippen LogP contribution >= 0.6 is 15.9 Å². The van der Waals surface area contributed by atoms with E-state index >= 15 is 0 Å². The van der Waals surface area contributed by atoms with Crippen LogP contribution in [0.4, 0.5) is 0 Å². The first kappa shape index (κ1) is 12.7. The van der Waals surface area contributed by atoms with Gasteiger partial charge in [0.15, 0.2) is 0 Å². The quantitative estimate of drug-likeness (QED) is 0.792. The second kappa shape index (κ2) is 4.89. The minimum atomic E-state index is -3.61. The molecule has 17 heavy (non-hydrogen) atoms. The van der Waals surface area contributed by atoms with E-state index in [2.05, 4.69) is 20.9 Å². The Kier molecular flexibility index (Phi) is 3.67. The Morgan fingerprint density at radius 3 is 2.94 bits per heavy atom. The van der Waals surface area contributed by atoms with Crippen LogP contribution in [0.15, 0.2) is 16.7 Å². The summed E-state index contributed by atoms with van der Waals surface area (Å²) >= 11 is 3.22. The molecule has 8 heteroatoms. The summed E-state index contributed by atoms with van der Waals surface area (Å²) in [4.78, 5) is 4.02. The van der Waals surface area contributed by atoms with Crippen LogP contribution < -0.4 is 9.88 Å². The van der Waals surface area contributed by atoms with Gasteiger partial charge in [-0.3, -0.25) is 0 Å². The van der Waals surface area contributed by atoms with Gasteiger partial charge in [-0.1, -0.05) is 0 Å². The number of hydrogen-bond acceptors (Lipinski definition) is 5. The Balaban J connectivity index is 2.16. The number of nitrogens with zero attached hydrogens (tertiary/aromatic N) is 1. The molecule has 2 rings (SSSR count). The monoisotopic (exact) mass is 322 g/mol. The predicted octanol–water partition coefficient (Wildman–Crippen LogP) is 0.410. The van der Waals surface area contributed by atoms with Crippen LogP contribution in [0.25, 0.3) is 0 Å². The Morgan fingerprint density at radius 1 is 1.65 bits per heavy atom. The third-order valence-corrected chi connectivity index (χ3v) is 3.20. The second-order valence-corrected chi connectivity index (χ2v) is 6.22. The van der Waals surface area contributed by atoms with Gasteiger partial charge in [-0.25, -0.2) is 18.5 Å². The van der Waals surface area contributed by atoms with E-state index in [0.717, 1.165) is 0 Å². The molecule has 1 aliphatic heterocycles. The molecule has 0 radical (unpaired) electrons. The third kappa shape index (κ3) is 4.23. The average molecular weight is 323 g/mol. The number of ether oxygens (including phenoxy) is 2. The smallest absolute Gasteiger partial charge is 0.217 e. The minimum absolute atomic E-state index is 0.0859. The number of rotatable bonds is 5. The highest BCUT2D eigenvalue weighted by atomic mass is 79.9. The van der Waals surface area contributed by atoms with Crippen LogP contribution in [0.1, 0.15) is 5.56 Å². The van der Waals surface area contributed by atoms with Crippen molar-refractivity contribution in [3.63, 3.8) is 0 Å². The highest BCUT2D eigenvalue weighted by Gasteiger charge is 2.24. The molecule has 1 saturated heterocycles. The van der Waals surface area contributed by atoms with Crippen molar-refractivity contribution in [3.8, 4) is 5.88 Å². The number of primary sulfonamides is 1.